The molecule has 0 bridgehead atoms. The first-order valence-corrected chi connectivity index (χ1v) is 6.08. The summed E-state index contributed by atoms with van der Waals surface area (Å²) in [6, 6.07) is 0. The molecular formula is C10H13N3O2S. The molecule has 1 aliphatic rings. The first kappa shape index (κ1) is 11.1. The van der Waals surface area contributed by atoms with E-state index in [1.54, 1.807) is 15.3 Å². The van der Waals surface area contributed by atoms with E-state index in [-0.39, 0.29) is 5.91 Å². The van der Waals surface area contributed by atoms with Gasteiger partial charge in [-0.25, -0.2) is 4.98 Å². The minimum atomic E-state index is 0.0939. The molecule has 0 N–H and O–H groups in total. The Bertz CT molecular complexity index is 358. The van der Waals surface area contributed by atoms with Crippen molar-refractivity contribution in [3.63, 3.8) is 0 Å². The molecule has 2 heterocycles. The Morgan fingerprint density at radius 1 is 1.44 bits per heavy atom. The van der Waals surface area contributed by atoms with Crippen LogP contribution in [0.15, 0.2) is 10.9 Å². The van der Waals surface area contributed by atoms with E-state index in [9.17, 15) is 9.59 Å². The van der Waals surface area contributed by atoms with Crippen LogP contribution in [-0.2, 0) is 16.0 Å². The molecule has 0 atom stereocenters. The van der Waals surface area contributed by atoms with E-state index in [0.29, 0.717) is 32.6 Å². The molecule has 0 aliphatic carbocycles. The predicted molar refractivity (Wildman–Crippen MR) is 60.0 cm³/mol. The molecule has 1 aromatic heterocycles. The number of rotatable bonds is 3. The molecule has 1 saturated heterocycles. The van der Waals surface area contributed by atoms with Gasteiger partial charge < -0.3 is 9.80 Å². The number of hydrogen-bond donors (Lipinski definition) is 0. The average molecular weight is 239 g/mol. The number of thiazole rings is 1. The maximum atomic E-state index is 11.8. The summed E-state index contributed by atoms with van der Waals surface area (Å²) in [7, 11) is 0. The van der Waals surface area contributed by atoms with Crippen LogP contribution in [0.1, 0.15) is 5.69 Å². The van der Waals surface area contributed by atoms with Crippen LogP contribution in [0.25, 0.3) is 0 Å². The third-order valence-electron chi connectivity index (χ3n) is 2.63. The quantitative estimate of drug-likeness (QED) is 0.697. The minimum absolute atomic E-state index is 0.0939. The molecule has 16 heavy (non-hydrogen) atoms. The second-order valence-corrected chi connectivity index (χ2v) is 4.40. The number of aromatic nitrogens is 1. The Balaban J connectivity index is 1.84. The first-order valence-electron chi connectivity index (χ1n) is 5.14. The second-order valence-electron chi connectivity index (χ2n) is 3.68. The van der Waals surface area contributed by atoms with Gasteiger partial charge in [0.25, 0.3) is 0 Å². The Morgan fingerprint density at radius 3 is 2.75 bits per heavy atom. The van der Waals surface area contributed by atoms with Crippen LogP contribution in [0.4, 0.5) is 0 Å². The Hall–Kier alpha value is -1.43. The average Bonchev–Trinajstić information content (AvgIpc) is 2.82. The van der Waals surface area contributed by atoms with E-state index in [1.807, 2.05) is 5.38 Å². The molecular weight excluding hydrogens is 226 g/mol. The van der Waals surface area contributed by atoms with Gasteiger partial charge in [0.2, 0.25) is 12.3 Å². The summed E-state index contributed by atoms with van der Waals surface area (Å²) in [5.74, 6) is 0.0939. The van der Waals surface area contributed by atoms with Gasteiger partial charge in [-0.3, -0.25) is 9.59 Å². The van der Waals surface area contributed by atoms with Crippen molar-refractivity contribution in [1.29, 1.82) is 0 Å². The molecule has 0 spiro atoms. The lowest BCUT2D eigenvalue weighted by atomic mass is 10.2. The summed E-state index contributed by atoms with van der Waals surface area (Å²) in [6.07, 6.45) is 1.20. The van der Waals surface area contributed by atoms with Crippen LogP contribution in [0.5, 0.6) is 0 Å². The molecule has 2 amide bonds. The van der Waals surface area contributed by atoms with Crippen molar-refractivity contribution < 1.29 is 9.59 Å². The van der Waals surface area contributed by atoms with Crippen LogP contribution >= 0.6 is 11.3 Å². The third kappa shape index (κ3) is 2.57. The van der Waals surface area contributed by atoms with Gasteiger partial charge in [-0.1, -0.05) is 0 Å². The zero-order valence-corrected chi connectivity index (χ0v) is 9.65. The van der Waals surface area contributed by atoms with Crippen molar-refractivity contribution in [1.82, 2.24) is 14.8 Å². The van der Waals surface area contributed by atoms with Crippen LogP contribution in [-0.4, -0.2) is 53.3 Å². The van der Waals surface area contributed by atoms with E-state index in [1.165, 1.54) is 11.3 Å². The van der Waals surface area contributed by atoms with Crippen LogP contribution in [0.3, 0.4) is 0 Å². The van der Waals surface area contributed by atoms with Crippen LogP contribution in [0.2, 0.25) is 0 Å². The maximum absolute atomic E-state index is 11.8. The van der Waals surface area contributed by atoms with E-state index < -0.39 is 0 Å². The fraction of sp³-hybridized carbons (Fsp3) is 0.500. The van der Waals surface area contributed by atoms with Crippen molar-refractivity contribution in [3.8, 4) is 0 Å². The molecule has 6 heteroatoms. The maximum Gasteiger partial charge on any atom is 0.228 e. The van der Waals surface area contributed by atoms with Gasteiger partial charge in [-0.05, 0) is 0 Å². The SMILES string of the molecule is O=CN1CCN(C(=O)Cc2cscn2)CC1. The predicted octanol–water partition coefficient (Wildman–Crippen LogP) is -0.0138. The molecule has 1 aromatic rings. The molecule has 2 rings (SSSR count). The number of carbonyl (C=O) groups excluding carboxylic acids is 2. The summed E-state index contributed by atoms with van der Waals surface area (Å²) in [6.45, 7) is 2.52. The van der Waals surface area contributed by atoms with Crippen molar-refractivity contribution in [2.45, 2.75) is 6.42 Å². The summed E-state index contributed by atoms with van der Waals surface area (Å²) in [4.78, 5) is 29.9. The molecule has 1 aliphatic heterocycles. The molecule has 0 radical (unpaired) electrons. The largest absolute Gasteiger partial charge is 0.342 e. The molecule has 1 fully saturated rings. The number of amides is 2. The normalized spacial score (nSPS) is 16.2. The topological polar surface area (TPSA) is 53.5 Å². The standard InChI is InChI=1S/C10H13N3O2S/c14-8-12-1-3-13(4-2-12)10(15)5-9-6-16-7-11-9/h6-8H,1-5H2. The fourth-order valence-corrected chi connectivity index (χ4v) is 2.23. The highest BCUT2D eigenvalue weighted by molar-refractivity contribution is 7.07. The highest BCUT2D eigenvalue weighted by Gasteiger charge is 2.20. The van der Waals surface area contributed by atoms with Gasteiger partial charge in [0.05, 0.1) is 17.6 Å². The van der Waals surface area contributed by atoms with Crippen molar-refractivity contribution >= 4 is 23.7 Å². The number of nitrogens with zero attached hydrogens (tertiary/aromatic N) is 3. The summed E-state index contributed by atoms with van der Waals surface area (Å²) < 4.78 is 0. The van der Waals surface area contributed by atoms with Gasteiger partial charge in [0.15, 0.2) is 0 Å². The molecule has 0 aromatic carbocycles. The third-order valence-corrected chi connectivity index (χ3v) is 3.27. The smallest absolute Gasteiger partial charge is 0.228 e. The zero-order chi connectivity index (χ0) is 11.4. The Kier molecular flexibility index (Phi) is 3.51. The zero-order valence-electron chi connectivity index (χ0n) is 8.83. The molecule has 0 saturated carbocycles. The Morgan fingerprint density at radius 2 is 2.19 bits per heavy atom. The van der Waals surface area contributed by atoms with Crippen LogP contribution in [0, 0.1) is 0 Å². The summed E-state index contributed by atoms with van der Waals surface area (Å²) >= 11 is 1.50. The van der Waals surface area contributed by atoms with E-state index >= 15 is 0 Å². The van der Waals surface area contributed by atoms with Gasteiger partial charge in [-0.2, -0.15) is 0 Å². The lowest BCUT2D eigenvalue weighted by Crippen LogP contribution is -2.48. The lowest BCUT2D eigenvalue weighted by molar-refractivity contribution is -0.134. The number of carbonyl (C=O) groups is 2. The fourth-order valence-electron chi connectivity index (χ4n) is 1.67. The molecule has 5 nitrogen and oxygen atoms in total. The monoisotopic (exact) mass is 239 g/mol. The Labute approximate surface area is 97.7 Å². The van der Waals surface area contributed by atoms with Crippen molar-refractivity contribution in [3.05, 3.63) is 16.6 Å². The molecule has 0 unspecified atom stereocenters. The second kappa shape index (κ2) is 5.07. The van der Waals surface area contributed by atoms with Gasteiger partial charge in [0.1, 0.15) is 0 Å². The van der Waals surface area contributed by atoms with Gasteiger partial charge in [0, 0.05) is 31.6 Å². The first-order chi connectivity index (χ1) is 7.79. The highest BCUT2D eigenvalue weighted by Crippen LogP contribution is 2.06. The van der Waals surface area contributed by atoms with E-state index in [4.69, 9.17) is 0 Å². The minimum Gasteiger partial charge on any atom is -0.342 e. The van der Waals surface area contributed by atoms with E-state index in [0.717, 1.165) is 12.1 Å². The summed E-state index contributed by atoms with van der Waals surface area (Å²) in [5, 5.41) is 1.89. The van der Waals surface area contributed by atoms with Crippen LogP contribution < -0.4 is 0 Å². The molecule has 86 valence electrons. The van der Waals surface area contributed by atoms with Crippen molar-refractivity contribution in [2.75, 3.05) is 26.2 Å². The van der Waals surface area contributed by atoms with Crippen molar-refractivity contribution in [2.24, 2.45) is 0 Å². The summed E-state index contributed by atoms with van der Waals surface area (Å²) in [5.41, 5.74) is 2.56. The lowest BCUT2D eigenvalue weighted by Gasteiger charge is -2.32. The number of piperazine rings is 1. The number of hydrogen-bond acceptors (Lipinski definition) is 4. The van der Waals surface area contributed by atoms with E-state index in [2.05, 4.69) is 4.98 Å². The highest BCUT2D eigenvalue weighted by atomic mass is 32.1. The van der Waals surface area contributed by atoms with Gasteiger partial charge >= 0.3 is 0 Å². The van der Waals surface area contributed by atoms with Gasteiger partial charge in [-0.15, -0.1) is 11.3 Å².